The molecule has 2 aliphatic heterocycles. The highest BCUT2D eigenvalue weighted by Crippen LogP contribution is 2.53. The zero-order valence-electron chi connectivity index (χ0n) is 24.9. The summed E-state index contributed by atoms with van der Waals surface area (Å²) in [5.41, 5.74) is 5.36. The number of methoxy groups -OCH3 is 1. The summed E-state index contributed by atoms with van der Waals surface area (Å²) in [5, 5.41) is 0. The first kappa shape index (κ1) is 27.7. The summed E-state index contributed by atoms with van der Waals surface area (Å²) in [4.78, 5) is 8.35. The summed E-state index contributed by atoms with van der Waals surface area (Å²) < 4.78 is 5.40. The molecule has 4 nitrogen and oxygen atoms in total. The van der Waals surface area contributed by atoms with E-state index in [1.165, 1.54) is 69.4 Å². The van der Waals surface area contributed by atoms with Crippen LogP contribution in [0.15, 0.2) is 48.5 Å². The first-order valence-electron chi connectivity index (χ1n) is 15.1. The predicted octanol–water partition coefficient (Wildman–Crippen LogP) is 7.11. The van der Waals surface area contributed by atoms with Crippen LogP contribution in [-0.4, -0.2) is 66.1 Å². The second-order valence-electron chi connectivity index (χ2n) is 13.7. The van der Waals surface area contributed by atoms with Gasteiger partial charge in [-0.2, -0.15) is 0 Å². The second-order valence-corrected chi connectivity index (χ2v) is 13.7. The monoisotopic (exact) mass is 517 g/mol. The lowest BCUT2D eigenvalue weighted by atomic mass is 9.59. The van der Waals surface area contributed by atoms with Crippen molar-refractivity contribution < 1.29 is 4.74 Å². The van der Waals surface area contributed by atoms with E-state index in [1.54, 1.807) is 12.7 Å². The van der Waals surface area contributed by atoms with Crippen LogP contribution in [-0.2, 0) is 6.54 Å². The zero-order chi connectivity index (χ0) is 26.9. The molecule has 3 fully saturated rings. The number of rotatable bonds is 6. The molecule has 38 heavy (non-hydrogen) atoms. The Bertz CT molecular complexity index is 1040. The molecule has 1 unspecified atom stereocenters. The van der Waals surface area contributed by atoms with Gasteiger partial charge >= 0.3 is 0 Å². The van der Waals surface area contributed by atoms with Gasteiger partial charge in [-0.25, -0.2) is 0 Å². The molecule has 2 aromatic rings. The van der Waals surface area contributed by atoms with Crippen LogP contribution < -0.4 is 4.74 Å². The van der Waals surface area contributed by atoms with Crippen molar-refractivity contribution in [3.8, 4) is 5.75 Å². The molecule has 2 saturated heterocycles. The van der Waals surface area contributed by atoms with E-state index in [2.05, 4.69) is 97.8 Å². The topological polar surface area (TPSA) is 19.0 Å². The third-order valence-corrected chi connectivity index (χ3v) is 9.84. The minimum Gasteiger partial charge on any atom is -0.497 e. The lowest BCUT2D eigenvalue weighted by Gasteiger charge is -2.58. The van der Waals surface area contributed by atoms with E-state index in [0.29, 0.717) is 22.9 Å². The maximum absolute atomic E-state index is 5.40. The highest BCUT2D eigenvalue weighted by atomic mass is 16.5. The Labute approximate surface area is 232 Å². The quantitative estimate of drug-likeness (QED) is 0.406. The first-order chi connectivity index (χ1) is 18.2. The molecule has 2 heterocycles. The summed E-state index contributed by atoms with van der Waals surface area (Å²) in [5.74, 6) is 1.48. The van der Waals surface area contributed by atoms with E-state index < -0.39 is 0 Å². The van der Waals surface area contributed by atoms with Crippen molar-refractivity contribution >= 4 is 0 Å². The lowest BCUT2D eigenvalue weighted by molar-refractivity contribution is -0.0691. The number of ether oxygens (including phenoxy) is 1. The van der Waals surface area contributed by atoms with Crippen molar-refractivity contribution in [1.29, 1.82) is 0 Å². The molecular formula is C34H51N3O. The second kappa shape index (κ2) is 11.3. The van der Waals surface area contributed by atoms with Crippen molar-refractivity contribution in [3.05, 3.63) is 65.2 Å². The minimum absolute atomic E-state index is 0.300. The van der Waals surface area contributed by atoms with E-state index in [9.17, 15) is 0 Å². The Hall–Kier alpha value is -1.88. The van der Waals surface area contributed by atoms with E-state index in [1.807, 2.05) is 0 Å². The van der Waals surface area contributed by atoms with E-state index in [4.69, 9.17) is 4.74 Å². The molecule has 0 amide bonds. The maximum Gasteiger partial charge on any atom is 0.118 e. The molecule has 2 aromatic carbocycles. The molecule has 1 saturated carbocycles. The van der Waals surface area contributed by atoms with Crippen LogP contribution in [0.25, 0.3) is 0 Å². The summed E-state index contributed by atoms with van der Waals surface area (Å²) in [7, 11) is 1.74. The Morgan fingerprint density at radius 2 is 1.61 bits per heavy atom. The van der Waals surface area contributed by atoms with Gasteiger partial charge < -0.3 is 4.74 Å². The standard InChI is InChI=1S/C34H51N3O/c1-26(2)30-10-7-8-11-31(30)32-25-35(24-27-12-14-29(38-6)15-13-27)18-9-19-37(32)28-22-34(23-28)16-20-36(21-17-34)33(3,4)5/h7-8,10-15,26,28,32H,9,16-25H2,1-6H3. The minimum atomic E-state index is 0.300. The van der Waals surface area contributed by atoms with Gasteiger partial charge in [-0.3, -0.25) is 14.7 Å². The maximum atomic E-state index is 5.40. The molecule has 0 N–H and O–H groups in total. The fourth-order valence-corrected chi connectivity index (χ4v) is 7.49. The summed E-state index contributed by atoms with van der Waals surface area (Å²) >= 11 is 0. The van der Waals surface area contributed by atoms with E-state index >= 15 is 0 Å². The van der Waals surface area contributed by atoms with Gasteiger partial charge in [0.05, 0.1) is 7.11 Å². The molecule has 5 rings (SSSR count). The Morgan fingerprint density at radius 1 is 0.921 bits per heavy atom. The smallest absolute Gasteiger partial charge is 0.118 e. The molecule has 0 radical (unpaired) electrons. The van der Waals surface area contributed by atoms with Crippen LogP contribution in [0.3, 0.4) is 0 Å². The van der Waals surface area contributed by atoms with Crippen molar-refractivity contribution in [3.63, 3.8) is 0 Å². The SMILES string of the molecule is COc1ccc(CN2CCCN(C3CC4(CCN(C(C)(C)C)CC4)C3)C(c3ccccc3C(C)C)C2)cc1. The summed E-state index contributed by atoms with van der Waals surface area (Å²) in [6.07, 6.45) is 6.79. The molecule has 1 aliphatic carbocycles. The lowest BCUT2D eigenvalue weighted by Crippen LogP contribution is -2.58. The Morgan fingerprint density at radius 3 is 2.24 bits per heavy atom. The van der Waals surface area contributed by atoms with Gasteiger partial charge in [-0.1, -0.05) is 50.2 Å². The van der Waals surface area contributed by atoms with E-state index in [0.717, 1.165) is 24.9 Å². The van der Waals surface area contributed by atoms with Gasteiger partial charge in [0.15, 0.2) is 0 Å². The van der Waals surface area contributed by atoms with Crippen molar-refractivity contribution in [2.24, 2.45) is 5.41 Å². The number of piperidine rings is 1. The van der Waals surface area contributed by atoms with Gasteiger partial charge in [-0.15, -0.1) is 0 Å². The molecule has 1 atom stereocenters. The molecule has 0 aromatic heterocycles. The Balaban J connectivity index is 1.34. The molecule has 3 aliphatic rings. The van der Waals surface area contributed by atoms with Crippen LogP contribution in [0.2, 0.25) is 0 Å². The van der Waals surface area contributed by atoms with Crippen molar-refractivity contribution in [2.45, 2.75) is 96.8 Å². The third kappa shape index (κ3) is 5.98. The van der Waals surface area contributed by atoms with Crippen LogP contribution in [0.1, 0.15) is 95.4 Å². The first-order valence-corrected chi connectivity index (χ1v) is 15.1. The average molecular weight is 518 g/mol. The third-order valence-electron chi connectivity index (χ3n) is 9.84. The van der Waals surface area contributed by atoms with Crippen LogP contribution in [0.5, 0.6) is 5.75 Å². The molecule has 208 valence electrons. The van der Waals surface area contributed by atoms with Crippen molar-refractivity contribution in [2.75, 3.05) is 39.8 Å². The number of hydrogen-bond acceptors (Lipinski definition) is 4. The molecule has 0 bridgehead atoms. The highest BCUT2D eigenvalue weighted by Gasteiger charge is 2.50. The highest BCUT2D eigenvalue weighted by molar-refractivity contribution is 5.34. The zero-order valence-corrected chi connectivity index (χ0v) is 24.9. The van der Waals surface area contributed by atoms with Crippen LogP contribution in [0, 0.1) is 5.41 Å². The van der Waals surface area contributed by atoms with Gasteiger partial charge in [0, 0.05) is 37.3 Å². The average Bonchev–Trinajstić information content (AvgIpc) is 3.09. The van der Waals surface area contributed by atoms with Gasteiger partial charge in [0.25, 0.3) is 0 Å². The molecular weight excluding hydrogens is 466 g/mol. The van der Waals surface area contributed by atoms with E-state index in [-0.39, 0.29) is 0 Å². The number of hydrogen-bond donors (Lipinski definition) is 0. The Kier molecular flexibility index (Phi) is 8.24. The summed E-state index contributed by atoms with van der Waals surface area (Å²) in [6.45, 7) is 18.9. The molecule has 1 spiro atoms. The fourth-order valence-electron chi connectivity index (χ4n) is 7.49. The summed E-state index contributed by atoms with van der Waals surface area (Å²) in [6, 6.07) is 19.2. The van der Waals surface area contributed by atoms with Gasteiger partial charge in [-0.05, 0) is 113 Å². The predicted molar refractivity (Wildman–Crippen MR) is 159 cm³/mol. The van der Waals surface area contributed by atoms with Gasteiger partial charge in [0.2, 0.25) is 0 Å². The largest absolute Gasteiger partial charge is 0.497 e. The van der Waals surface area contributed by atoms with Crippen LogP contribution in [0.4, 0.5) is 0 Å². The number of nitrogens with zero attached hydrogens (tertiary/aromatic N) is 3. The molecule has 4 heteroatoms. The number of likely N-dealkylation sites (tertiary alicyclic amines) is 1. The normalized spacial score (nSPS) is 23.9. The van der Waals surface area contributed by atoms with Crippen molar-refractivity contribution in [1.82, 2.24) is 14.7 Å². The van der Waals surface area contributed by atoms with Gasteiger partial charge in [0.1, 0.15) is 5.75 Å². The van der Waals surface area contributed by atoms with Crippen LogP contribution >= 0.6 is 0 Å². The number of benzene rings is 2. The fraction of sp³-hybridized carbons (Fsp3) is 0.647.